The molecular formula is C18H17N5O2. The highest BCUT2D eigenvalue weighted by atomic mass is 16.5. The zero-order valence-electron chi connectivity index (χ0n) is 13.5. The molecule has 0 unspecified atom stereocenters. The minimum atomic E-state index is -0.767. The van der Waals surface area contributed by atoms with E-state index in [1.807, 2.05) is 42.5 Å². The van der Waals surface area contributed by atoms with Crippen LogP contribution in [-0.4, -0.2) is 38.0 Å². The molecule has 0 bridgehead atoms. The van der Waals surface area contributed by atoms with Gasteiger partial charge in [-0.1, -0.05) is 42.5 Å². The zero-order valence-corrected chi connectivity index (χ0v) is 13.5. The topological polar surface area (TPSA) is 96.8 Å². The summed E-state index contributed by atoms with van der Waals surface area (Å²) in [4.78, 5) is 1.35. The Morgan fingerprint density at radius 3 is 2.60 bits per heavy atom. The number of ether oxygens (including phenoxy) is 1. The lowest BCUT2D eigenvalue weighted by molar-refractivity contribution is 0.0850. The second-order valence-electron chi connectivity index (χ2n) is 5.48. The fourth-order valence-corrected chi connectivity index (χ4v) is 2.25. The smallest absolute Gasteiger partial charge is 0.204 e. The summed E-state index contributed by atoms with van der Waals surface area (Å²) in [6.07, 6.45) is -0.401. The predicted octanol–water partition coefficient (Wildman–Crippen LogP) is 1.85. The van der Waals surface area contributed by atoms with Crippen molar-refractivity contribution in [2.45, 2.75) is 19.1 Å². The van der Waals surface area contributed by atoms with Gasteiger partial charge in [-0.15, -0.1) is 10.2 Å². The highest BCUT2D eigenvalue weighted by Gasteiger charge is 2.11. The normalized spacial score (nSPS) is 11.7. The minimum absolute atomic E-state index is 0.111. The minimum Gasteiger partial charge on any atom is -0.491 e. The van der Waals surface area contributed by atoms with Gasteiger partial charge in [-0.3, -0.25) is 0 Å². The number of aliphatic hydroxyl groups excluding tert-OH is 1. The molecule has 0 spiro atoms. The van der Waals surface area contributed by atoms with Crippen molar-refractivity contribution < 1.29 is 9.84 Å². The largest absolute Gasteiger partial charge is 0.491 e. The van der Waals surface area contributed by atoms with Gasteiger partial charge in [0.25, 0.3) is 0 Å². The summed E-state index contributed by atoms with van der Waals surface area (Å²) in [5.41, 5.74) is 1.80. The molecule has 126 valence electrons. The first-order chi connectivity index (χ1) is 12.2. The van der Waals surface area contributed by atoms with Gasteiger partial charge in [-0.25, -0.2) is 0 Å². The van der Waals surface area contributed by atoms with E-state index < -0.39 is 6.10 Å². The second-order valence-corrected chi connectivity index (χ2v) is 5.48. The number of nitriles is 1. The number of tetrazole rings is 1. The Hall–Kier alpha value is -3.24. The molecule has 7 nitrogen and oxygen atoms in total. The summed E-state index contributed by atoms with van der Waals surface area (Å²) in [5.74, 6) is 1.15. The highest BCUT2D eigenvalue weighted by molar-refractivity contribution is 5.52. The summed E-state index contributed by atoms with van der Waals surface area (Å²) >= 11 is 0. The van der Waals surface area contributed by atoms with Crippen LogP contribution in [-0.2, 0) is 13.0 Å². The van der Waals surface area contributed by atoms with Crippen molar-refractivity contribution >= 4 is 0 Å². The van der Waals surface area contributed by atoms with Crippen molar-refractivity contribution in [3.63, 3.8) is 0 Å². The van der Waals surface area contributed by atoms with Gasteiger partial charge in [0.05, 0.1) is 19.0 Å². The van der Waals surface area contributed by atoms with Crippen LogP contribution in [0.3, 0.4) is 0 Å². The van der Waals surface area contributed by atoms with E-state index in [2.05, 4.69) is 21.5 Å². The van der Waals surface area contributed by atoms with Crippen molar-refractivity contribution in [3.05, 3.63) is 60.2 Å². The first-order valence-electron chi connectivity index (χ1n) is 7.84. The lowest BCUT2D eigenvalue weighted by Gasteiger charge is -2.11. The number of rotatable bonds is 7. The van der Waals surface area contributed by atoms with Gasteiger partial charge < -0.3 is 9.84 Å². The Kier molecular flexibility index (Phi) is 5.34. The Morgan fingerprint density at radius 1 is 1.12 bits per heavy atom. The van der Waals surface area contributed by atoms with Crippen LogP contribution in [0.4, 0.5) is 0 Å². The average molecular weight is 335 g/mol. The van der Waals surface area contributed by atoms with E-state index in [4.69, 9.17) is 10.00 Å². The first kappa shape index (κ1) is 16.6. The summed E-state index contributed by atoms with van der Waals surface area (Å²) in [7, 11) is 0. The number of hydrogen-bond acceptors (Lipinski definition) is 6. The molecule has 0 aliphatic rings. The maximum atomic E-state index is 10.1. The van der Waals surface area contributed by atoms with E-state index in [0.717, 1.165) is 11.1 Å². The van der Waals surface area contributed by atoms with Gasteiger partial charge in [-0.2, -0.15) is 10.1 Å². The quantitative estimate of drug-likeness (QED) is 0.708. The lowest BCUT2D eigenvalue weighted by atomic mass is 10.2. The lowest BCUT2D eigenvalue weighted by Crippen LogP contribution is -2.25. The Balaban J connectivity index is 1.52. The van der Waals surface area contributed by atoms with Gasteiger partial charge in [-0.05, 0) is 22.9 Å². The molecule has 1 heterocycles. The van der Waals surface area contributed by atoms with Gasteiger partial charge in [0.1, 0.15) is 18.5 Å². The molecule has 1 atom stereocenters. The van der Waals surface area contributed by atoms with Gasteiger partial charge in [0.15, 0.2) is 0 Å². The molecule has 1 N–H and O–H groups in total. The van der Waals surface area contributed by atoms with Gasteiger partial charge in [0.2, 0.25) is 5.82 Å². The van der Waals surface area contributed by atoms with E-state index in [-0.39, 0.29) is 13.2 Å². The molecule has 25 heavy (non-hydrogen) atoms. The maximum Gasteiger partial charge on any atom is 0.204 e. The van der Waals surface area contributed by atoms with E-state index >= 15 is 0 Å². The van der Waals surface area contributed by atoms with Crippen molar-refractivity contribution in [2.75, 3.05) is 6.61 Å². The van der Waals surface area contributed by atoms with Crippen LogP contribution in [0.1, 0.15) is 5.56 Å². The van der Waals surface area contributed by atoms with E-state index in [0.29, 0.717) is 18.0 Å². The SMILES string of the molecule is N#CCc1ccc(OC[C@@H](O)Cn2nnc(-c3ccccc3)n2)cc1. The molecule has 2 aromatic carbocycles. The van der Waals surface area contributed by atoms with Crippen molar-refractivity contribution in [2.24, 2.45) is 0 Å². The number of hydrogen-bond donors (Lipinski definition) is 1. The molecule has 0 saturated carbocycles. The maximum absolute atomic E-state index is 10.1. The molecule has 1 aromatic heterocycles. The predicted molar refractivity (Wildman–Crippen MR) is 90.5 cm³/mol. The molecule has 0 saturated heterocycles. The molecule has 7 heteroatoms. The Morgan fingerprint density at radius 2 is 1.88 bits per heavy atom. The summed E-state index contributed by atoms with van der Waals surface area (Å²) in [6.45, 7) is 0.298. The third kappa shape index (κ3) is 4.62. The Labute approximate surface area is 145 Å². The number of benzene rings is 2. The molecule has 0 aliphatic carbocycles. The van der Waals surface area contributed by atoms with E-state index in [1.165, 1.54) is 4.80 Å². The fraction of sp³-hybridized carbons (Fsp3) is 0.222. The third-order valence-corrected chi connectivity index (χ3v) is 3.51. The van der Waals surface area contributed by atoms with Gasteiger partial charge >= 0.3 is 0 Å². The van der Waals surface area contributed by atoms with Crippen LogP contribution < -0.4 is 4.74 Å². The van der Waals surface area contributed by atoms with E-state index in [9.17, 15) is 5.11 Å². The Bertz CT molecular complexity index is 840. The van der Waals surface area contributed by atoms with Crippen molar-refractivity contribution in [1.29, 1.82) is 5.26 Å². The van der Waals surface area contributed by atoms with Crippen LogP contribution in [0.25, 0.3) is 11.4 Å². The molecule has 0 fully saturated rings. The van der Waals surface area contributed by atoms with Crippen molar-refractivity contribution in [1.82, 2.24) is 20.2 Å². The molecular weight excluding hydrogens is 318 g/mol. The van der Waals surface area contributed by atoms with Crippen LogP contribution in [0.15, 0.2) is 54.6 Å². The third-order valence-electron chi connectivity index (χ3n) is 3.51. The molecule has 0 amide bonds. The molecule has 3 rings (SSSR count). The van der Waals surface area contributed by atoms with Gasteiger partial charge in [0, 0.05) is 5.56 Å². The van der Waals surface area contributed by atoms with E-state index in [1.54, 1.807) is 12.1 Å². The standard InChI is InChI=1S/C18H17N5O2/c19-11-10-14-6-8-17(9-7-14)25-13-16(24)12-23-21-18(20-22-23)15-4-2-1-3-5-15/h1-9,16,24H,10,12-13H2/t16-/m0/s1. The number of aliphatic hydroxyl groups is 1. The average Bonchev–Trinajstić information content (AvgIpc) is 3.11. The summed E-state index contributed by atoms with van der Waals surface area (Å²) < 4.78 is 5.54. The summed E-state index contributed by atoms with van der Waals surface area (Å²) in [5, 5.41) is 30.9. The van der Waals surface area contributed by atoms with Crippen LogP contribution in [0.2, 0.25) is 0 Å². The fourth-order valence-electron chi connectivity index (χ4n) is 2.25. The van der Waals surface area contributed by atoms with Crippen LogP contribution >= 0.6 is 0 Å². The van der Waals surface area contributed by atoms with Crippen LogP contribution in [0.5, 0.6) is 5.75 Å². The molecule has 0 aliphatic heterocycles. The summed E-state index contributed by atoms with van der Waals surface area (Å²) in [6, 6.07) is 18.8. The zero-order chi connectivity index (χ0) is 17.5. The molecule has 3 aromatic rings. The highest BCUT2D eigenvalue weighted by Crippen LogP contribution is 2.14. The number of nitrogens with zero attached hydrogens (tertiary/aromatic N) is 5. The monoisotopic (exact) mass is 335 g/mol. The second kappa shape index (κ2) is 8.04. The number of aromatic nitrogens is 4. The molecule has 0 radical (unpaired) electrons. The first-order valence-corrected chi connectivity index (χ1v) is 7.84. The van der Waals surface area contributed by atoms with Crippen LogP contribution in [0, 0.1) is 11.3 Å². The van der Waals surface area contributed by atoms with Crippen molar-refractivity contribution in [3.8, 4) is 23.2 Å².